The molecule has 74 valence electrons. The van der Waals surface area contributed by atoms with Crippen molar-refractivity contribution >= 4 is 0 Å². The summed E-state index contributed by atoms with van der Waals surface area (Å²) in [5.74, 6) is 3.55. The molecule has 1 heterocycles. The van der Waals surface area contributed by atoms with E-state index in [4.69, 9.17) is 6.42 Å². The average Bonchev–Trinajstić information content (AvgIpc) is 2.17. The lowest BCUT2D eigenvalue weighted by Gasteiger charge is -2.27. The van der Waals surface area contributed by atoms with Gasteiger partial charge in [-0.3, -0.25) is 0 Å². The van der Waals surface area contributed by atoms with Crippen molar-refractivity contribution in [2.75, 3.05) is 19.6 Å². The molecule has 1 aliphatic heterocycles. The lowest BCUT2D eigenvalue weighted by atomic mass is 9.96. The van der Waals surface area contributed by atoms with Crippen LogP contribution in [-0.4, -0.2) is 25.2 Å². The second-order valence-electron chi connectivity index (χ2n) is 4.34. The number of terminal acetylenes is 1. The third-order valence-corrected chi connectivity index (χ3v) is 2.65. The van der Waals surface area contributed by atoms with E-state index in [1.807, 2.05) is 13.8 Å². The summed E-state index contributed by atoms with van der Waals surface area (Å²) in [7, 11) is 0. The van der Waals surface area contributed by atoms with Crippen LogP contribution >= 0.6 is 0 Å². The molecule has 1 fully saturated rings. The highest BCUT2D eigenvalue weighted by Gasteiger charge is 2.17. The fraction of sp³-hybridized carbons (Fsp3) is 0.818. The lowest BCUT2D eigenvalue weighted by Crippen LogP contribution is -2.42. The van der Waals surface area contributed by atoms with E-state index in [1.165, 1.54) is 12.8 Å². The van der Waals surface area contributed by atoms with Crippen molar-refractivity contribution in [3.8, 4) is 12.3 Å². The quantitative estimate of drug-likeness (QED) is 0.633. The number of hydrogen-bond donors (Lipinski definition) is 2. The molecule has 1 aliphatic rings. The van der Waals surface area contributed by atoms with Crippen LogP contribution in [0.1, 0.15) is 26.7 Å². The van der Waals surface area contributed by atoms with Gasteiger partial charge in [0.15, 0.2) is 0 Å². The highest BCUT2D eigenvalue weighted by molar-refractivity contribution is 5.07. The van der Waals surface area contributed by atoms with E-state index < -0.39 is 0 Å². The number of nitrogens with one attached hydrogen (secondary N) is 2. The topological polar surface area (TPSA) is 24.1 Å². The summed E-state index contributed by atoms with van der Waals surface area (Å²) in [6.07, 6.45) is 7.94. The van der Waals surface area contributed by atoms with Gasteiger partial charge in [0.05, 0.1) is 5.54 Å². The van der Waals surface area contributed by atoms with Crippen molar-refractivity contribution in [1.82, 2.24) is 10.6 Å². The smallest absolute Gasteiger partial charge is 0.0741 e. The molecule has 2 heteroatoms. The molecule has 0 aliphatic carbocycles. The van der Waals surface area contributed by atoms with Crippen LogP contribution in [0.5, 0.6) is 0 Å². The summed E-state index contributed by atoms with van der Waals surface area (Å²) in [5, 5.41) is 6.77. The maximum atomic E-state index is 5.40. The third kappa shape index (κ3) is 3.80. The Morgan fingerprint density at radius 3 is 2.62 bits per heavy atom. The molecule has 1 saturated heterocycles. The van der Waals surface area contributed by atoms with E-state index in [1.54, 1.807) is 0 Å². The fourth-order valence-electron chi connectivity index (χ4n) is 1.54. The Morgan fingerprint density at radius 1 is 1.46 bits per heavy atom. The van der Waals surface area contributed by atoms with E-state index in [-0.39, 0.29) is 5.54 Å². The first kappa shape index (κ1) is 10.6. The minimum atomic E-state index is -0.148. The summed E-state index contributed by atoms with van der Waals surface area (Å²) in [4.78, 5) is 0. The molecule has 0 spiro atoms. The van der Waals surface area contributed by atoms with Crippen LogP contribution in [-0.2, 0) is 0 Å². The molecule has 1 rings (SSSR count). The second kappa shape index (κ2) is 4.64. The molecule has 13 heavy (non-hydrogen) atoms. The normalized spacial score (nSPS) is 19.8. The third-order valence-electron chi connectivity index (χ3n) is 2.65. The second-order valence-corrected chi connectivity index (χ2v) is 4.34. The zero-order valence-electron chi connectivity index (χ0n) is 8.69. The first-order chi connectivity index (χ1) is 6.14. The van der Waals surface area contributed by atoms with Crippen molar-refractivity contribution in [3.05, 3.63) is 0 Å². The Hall–Kier alpha value is -0.520. The van der Waals surface area contributed by atoms with Gasteiger partial charge in [-0.25, -0.2) is 0 Å². The van der Waals surface area contributed by atoms with E-state index in [0.29, 0.717) is 0 Å². The Kier molecular flexibility index (Phi) is 3.77. The molecule has 0 saturated carbocycles. The maximum absolute atomic E-state index is 5.40. The number of hydrogen-bond acceptors (Lipinski definition) is 2. The Labute approximate surface area is 81.5 Å². The van der Waals surface area contributed by atoms with E-state index in [9.17, 15) is 0 Å². The molecular formula is C11H20N2. The monoisotopic (exact) mass is 180 g/mol. The van der Waals surface area contributed by atoms with E-state index in [0.717, 1.165) is 25.6 Å². The van der Waals surface area contributed by atoms with Gasteiger partial charge in [0.1, 0.15) is 0 Å². The molecule has 0 atom stereocenters. The van der Waals surface area contributed by atoms with Crippen LogP contribution in [0, 0.1) is 18.3 Å². The summed E-state index contributed by atoms with van der Waals surface area (Å²) in [5.41, 5.74) is -0.148. The van der Waals surface area contributed by atoms with Gasteiger partial charge in [0.2, 0.25) is 0 Å². The SMILES string of the molecule is C#CC(C)(C)NCC1CCNCC1. The van der Waals surface area contributed by atoms with Crippen LogP contribution < -0.4 is 10.6 Å². The van der Waals surface area contributed by atoms with Gasteiger partial charge in [-0.15, -0.1) is 6.42 Å². The van der Waals surface area contributed by atoms with Crippen LogP contribution in [0.15, 0.2) is 0 Å². The summed E-state index contributed by atoms with van der Waals surface area (Å²) < 4.78 is 0. The molecule has 0 amide bonds. The minimum absolute atomic E-state index is 0.148. The molecule has 0 unspecified atom stereocenters. The molecule has 0 aromatic heterocycles. The predicted molar refractivity (Wildman–Crippen MR) is 56.5 cm³/mol. The zero-order valence-corrected chi connectivity index (χ0v) is 8.69. The van der Waals surface area contributed by atoms with Gasteiger partial charge in [-0.2, -0.15) is 0 Å². The minimum Gasteiger partial charge on any atom is -0.317 e. The summed E-state index contributed by atoms with van der Waals surface area (Å²) in [6, 6.07) is 0. The van der Waals surface area contributed by atoms with Gasteiger partial charge in [-0.1, -0.05) is 5.92 Å². The summed E-state index contributed by atoms with van der Waals surface area (Å²) >= 11 is 0. The first-order valence-corrected chi connectivity index (χ1v) is 5.07. The lowest BCUT2D eigenvalue weighted by molar-refractivity contribution is 0.331. The van der Waals surface area contributed by atoms with Crippen LogP contribution in [0.4, 0.5) is 0 Å². The Bertz CT molecular complexity index is 185. The predicted octanol–water partition coefficient (Wildman–Crippen LogP) is 0.987. The fourth-order valence-corrected chi connectivity index (χ4v) is 1.54. The van der Waals surface area contributed by atoms with E-state index in [2.05, 4.69) is 16.6 Å². The highest BCUT2D eigenvalue weighted by Crippen LogP contribution is 2.11. The molecule has 0 bridgehead atoms. The largest absolute Gasteiger partial charge is 0.317 e. The number of piperidine rings is 1. The Balaban J connectivity index is 2.22. The van der Waals surface area contributed by atoms with Crippen molar-refractivity contribution in [2.24, 2.45) is 5.92 Å². The highest BCUT2D eigenvalue weighted by atomic mass is 15.0. The van der Waals surface area contributed by atoms with Gasteiger partial charge in [-0.05, 0) is 52.2 Å². The average molecular weight is 180 g/mol. The van der Waals surface area contributed by atoms with Crippen molar-refractivity contribution < 1.29 is 0 Å². The van der Waals surface area contributed by atoms with Crippen LogP contribution in [0.25, 0.3) is 0 Å². The maximum Gasteiger partial charge on any atom is 0.0741 e. The zero-order chi connectivity index (χ0) is 9.73. The van der Waals surface area contributed by atoms with E-state index >= 15 is 0 Å². The van der Waals surface area contributed by atoms with Gasteiger partial charge < -0.3 is 10.6 Å². The van der Waals surface area contributed by atoms with Crippen LogP contribution in [0.3, 0.4) is 0 Å². The van der Waals surface area contributed by atoms with Gasteiger partial charge >= 0.3 is 0 Å². The number of rotatable bonds is 3. The molecule has 0 aromatic carbocycles. The molecule has 2 nitrogen and oxygen atoms in total. The molecular weight excluding hydrogens is 160 g/mol. The van der Waals surface area contributed by atoms with Crippen LogP contribution in [0.2, 0.25) is 0 Å². The van der Waals surface area contributed by atoms with Gasteiger partial charge in [0, 0.05) is 0 Å². The first-order valence-electron chi connectivity index (χ1n) is 5.07. The van der Waals surface area contributed by atoms with Crippen molar-refractivity contribution in [3.63, 3.8) is 0 Å². The van der Waals surface area contributed by atoms with Crippen molar-refractivity contribution in [1.29, 1.82) is 0 Å². The standard InChI is InChI=1S/C11H20N2/c1-4-11(2,3)13-9-10-5-7-12-8-6-10/h1,10,12-13H,5-9H2,2-3H3. The summed E-state index contributed by atoms with van der Waals surface area (Å²) in [6.45, 7) is 7.46. The Morgan fingerprint density at radius 2 is 2.08 bits per heavy atom. The molecule has 2 N–H and O–H groups in total. The molecule has 0 aromatic rings. The molecule has 0 radical (unpaired) electrons. The van der Waals surface area contributed by atoms with Crippen molar-refractivity contribution in [2.45, 2.75) is 32.2 Å². The van der Waals surface area contributed by atoms with Gasteiger partial charge in [0.25, 0.3) is 0 Å².